The summed E-state index contributed by atoms with van der Waals surface area (Å²) in [6, 6.07) is 16.3. The Morgan fingerprint density at radius 1 is 0.818 bits per heavy atom. The molecular weight excluding hydrogens is 408 g/mol. The second-order valence-electron chi connectivity index (χ2n) is 9.98. The van der Waals surface area contributed by atoms with E-state index in [4.69, 9.17) is 5.10 Å². The Balaban J connectivity index is 1.36. The third kappa shape index (κ3) is 5.20. The van der Waals surface area contributed by atoms with Crippen LogP contribution in [0.3, 0.4) is 0 Å². The number of hydrogen-bond acceptors (Lipinski definition) is 4. The van der Waals surface area contributed by atoms with Crippen LogP contribution in [0, 0.1) is 12.8 Å². The Morgan fingerprint density at radius 2 is 1.52 bits per heavy atom. The van der Waals surface area contributed by atoms with Gasteiger partial charge in [0.1, 0.15) is 0 Å². The molecule has 33 heavy (non-hydrogen) atoms. The quantitative estimate of drug-likeness (QED) is 0.560. The molecule has 0 N–H and O–H groups in total. The van der Waals surface area contributed by atoms with E-state index in [1.807, 2.05) is 24.3 Å². The highest BCUT2D eigenvalue weighted by molar-refractivity contribution is 5.93. The SMILES string of the molecule is Cc1ccc(-c2nn(CN3CCCN(CC4CCCCC4)CC3)c(=O)c3ccccc23)cc1. The predicted molar refractivity (Wildman–Crippen MR) is 135 cm³/mol. The van der Waals surface area contributed by atoms with Crippen LogP contribution in [0.5, 0.6) is 0 Å². The van der Waals surface area contributed by atoms with Crippen molar-refractivity contribution in [2.75, 3.05) is 32.7 Å². The molecule has 5 heteroatoms. The highest BCUT2D eigenvalue weighted by atomic mass is 16.1. The molecule has 2 fully saturated rings. The van der Waals surface area contributed by atoms with Gasteiger partial charge < -0.3 is 4.90 Å². The van der Waals surface area contributed by atoms with Gasteiger partial charge >= 0.3 is 0 Å². The molecule has 3 aromatic rings. The molecule has 1 saturated heterocycles. The molecule has 0 bridgehead atoms. The molecule has 0 atom stereocenters. The maximum absolute atomic E-state index is 13.3. The lowest BCUT2D eigenvalue weighted by Gasteiger charge is -2.29. The summed E-state index contributed by atoms with van der Waals surface area (Å²) in [4.78, 5) is 18.4. The molecule has 0 radical (unpaired) electrons. The van der Waals surface area contributed by atoms with Gasteiger partial charge in [0.25, 0.3) is 5.56 Å². The number of benzene rings is 2. The Bertz CT molecular complexity index is 1130. The molecule has 2 aromatic carbocycles. The fourth-order valence-corrected chi connectivity index (χ4v) is 5.53. The molecule has 0 unspecified atom stereocenters. The van der Waals surface area contributed by atoms with Gasteiger partial charge in [0.2, 0.25) is 0 Å². The van der Waals surface area contributed by atoms with Crippen LogP contribution < -0.4 is 5.56 Å². The zero-order valence-electron chi connectivity index (χ0n) is 19.9. The third-order valence-electron chi connectivity index (χ3n) is 7.45. The molecular formula is C28H36N4O. The molecule has 174 valence electrons. The number of hydrogen-bond donors (Lipinski definition) is 0. The van der Waals surface area contributed by atoms with Crippen molar-refractivity contribution in [1.29, 1.82) is 0 Å². The summed E-state index contributed by atoms with van der Waals surface area (Å²) >= 11 is 0. The fourth-order valence-electron chi connectivity index (χ4n) is 5.53. The van der Waals surface area contributed by atoms with E-state index in [0.717, 1.165) is 54.0 Å². The van der Waals surface area contributed by atoms with Gasteiger partial charge in [0.15, 0.2) is 0 Å². The summed E-state index contributed by atoms with van der Waals surface area (Å²) in [7, 11) is 0. The third-order valence-corrected chi connectivity index (χ3v) is 7.45. The van der Waals surface area contributed by atoms with Gasteiger partial charge in [-0.3, -0.25) is 9.69 Å². The van der Waals surface area contributed by atoms with E-state index in [2.05, 4.69) is 41.0 Å². The summed E-state index contributed by atoms with van der Waals surface area (Å²) in [5.41, 5.74) is 3.17. The van der Waals surface area contributed by atoms with Gasteiger partial charge in [-0.05, 0) is 44.7 Å². The van der Waals surface area contributed by atoms with Crippen LogP contribution in [0.2, 0.25) is 0 Å². The summed E-state index contributed by atoms with van der Waals surface area (Å²) in [6.45, 7) is 8.16. The number of aromatic nitrogens is 2. The molecule has 1 aliphatic carbocycles. The van der Waals surface area contributed by atoms with Crippen molar-refractivity contribution < 1.29 is 0 Å². The van der Waals surface area contributed by atoms with Gasteiger partial charge in [0, 0.05) is 37.1 Å². The molecule has 1 aliphatic heterocycles. The van der Waals surface area contributed by atoms with Crippen molar-refractivity contribution in [2.45, 2.75) is 52.1 Å². The van der Waals surface area contributed by atoms with Crippen molar-refractivity contribution in [3.05, 3.63) is 64.4 Å². The lowest BCUT2D eigenvalue weighted by atomic mass is 9.89. The van der Waals surface area contributed by atoms with Gasteiger partial charge in [-0.15, -0.1) is 0 Å². The zero-order valence-corrected chi connectivity index (χ0v) is 19.9. The van der Waals surface area contributed by atoms with Crippen molar-refractivity contribution in [1.82, 2.24) is 19.6 Å². The second kappa shape index (κ2) is 10.2. The van der Waals surface area contributed by atoms with E-state index in [1.54, 1.807) is 4.68 Å². The minimum absolute atomic E-state index is 0.00442. The van der Waals surface area contributed by atoms with E-state index in [0.29, 0.717) is 6.67 Å². The number of nitrogens with zero attached hydrogens (tertiary/aromatic N) is 4. The van der Waals surface area contributed by atoms with Crippen LogP contribution in [0.4, 0.5) is 0 Å². The first-order valence-corrected chi connectivity index (χ1v) is 12.7. The van der Waals surface area contributed by atoms with Crippen LogP contribution in [0.1, 0.15) is 44.1 Å². The summed E-state index contributed by atoms with van der Waals surface area (Å²) in [5.74, 6) is 0.882. The monoisotopic (exact) mass is 444 g/mol. The van der Waals surface area contributed by atoms with Gasteiger partial charge in [-0.25, -0.2) is 4.68 Å². The first kappa shape index (κ1) is 22.3. The smallest absolute Gasteiger partial charge is 0.275 e. The Labute approximate surface area is 197 Å². The normalized spacial score (nSPS) is 19.1. The van der Waals surface area contributed by atoms with Crippen molar-refractivity contribution >= 4 is 10.8 Å². The number of fused-ring (bicyclic) bond motifs is 1. The van der Waals surface area contributed by atoms with Crippen LogP contribution in [-0.2, 0) is 6.67 Å². The molecule has 0 amide bonds. The van der Waals surface area contributed by atoms with Gasteiger partial charge in [-0.1, -0.05) is 67.3 Å². The van der Waals surface area contributed by atoms with E-state index < -0.39 is 0 Å². The largest absolute Gasteiger partial charge is 0.302 e. The summed E-state index contributed by atoms with van der Waals surface area (Å²) < 4.78 is 1.69. The van der Waals surface area contributed by atoms with E-state index in [-0.39, 0.29) is 5.56 Å². The van der Waals surface area contributed by atoms with Crippen LogP contribution in [0.25, 0.3) is 22.0 Å². The molecule has 2 aliphatic rings. The maximum atomic E-state index is 13.3. The molecule has 1 aromatic heterocycles. The first-order chi connectivity index (χ1) is 16.2. The number of aryl methyl sites for hydroxylation is 1. The van der Waals surface area contributed by atoms with Crippen molar-refractivity contribution in [2.24, 2.45) is 5.92 Å². The van der Waals surface area contributed by atoms with Crippen molar-refractivity contribution in [3.63, 3.8) is 0 Å². The number of rotatable bonds is 5. The molecule has 0 spiro atoms. The van der Waals surface area contributed by atoms with Gasteiger partial charge in [-0.2, -0.15) is 5.10 Å². The lowest BCUT2D eigenvalue weighted by Crippen LogP contribution is -2.37. The molecule has 2 heterocycles. The maximum Gasteiger partial charge on any atom is 0.275 e. The zero-order chi connectivity index (χ0) is 22.6. The average molecular weight is 445 g/mol. The van der Waals surface area contributed by atoms with Crippen molar-refractivity contribution in [3.8, 4) is 11.3 Å². The van der Waals surface area contributed by atoms with Crippen LogP contribution >= 0.6 is 0 Å². The molecule has 1 saturated carbocycles. The second-order valence-corrected chi connectivity index (χ2v) is 9.98. The topological polar surface area (TPSA) is 41.4 Å². The molecule has 5 rings (SSSR count). The van der Waals surface area contributed by atoms with Gasteiger partial charge in [0.05, 0.1) is 17.7 Å². The minimum atomic E-state index is 0.00442. The standard InChI is InChI=1S/C28H36N4O/c1-22-12-14-24(15-13-22)27-25-10-5-6-11-26(25)28(33)32(29-27)21-31-17-7-16-30(18-19-31)20-23-8-3-2-4-9-23/h5-6,10-15,23H,2-4,7-9,16-21H2,1H3. The minimum Gasteiger partial charge on any atom is -0.302 e. The Morgan fingerprint density at radius 3 is 2.30 bits per heavy atom. The summed E-state index contributed by atoms with van der Waals surface area (Å²) in [6.07, 6.45) is 8.19. The van der Waals surface area contributed by atoms with E-state index in [1.165, 1.54) is 50.8 Å². The highest BCUT2D eigenvalue weighted by Crippen LogP contribution is 2.26. The highest BCUT2D eigenvalue weighted by Gasteiger charge is 2.21. The first-order valence-electron chi connectivity index (χ1n) is 12.7. The Hall–Kier alpha value is -2.50. The lowest BCUT2D eigenvalue weighted by molar-refractivity contribution is 0.185. The Kier molecular flexibility index (Phi) is 6.88. The van der Waals surface area contributed by atoms with E-state index in [9.17, 15) is 4.79 Å². The predicted octanol–water partition coefficient (Wildman–Crippen LogP) is 4.92. The van der Waals surface area contributed by atoms with Crippen LogP contribution in [-0.4, -0.2) is 52.3 Å². The summed E-state index contributed by atoms with van der Waals surface area (Å²) in [5, 5.41) is 6.56. The van der Waals surface area contributed by atoms with E-state index >= 15 is 0 Å². The fraction of sp³-hybridized carbons (Fsp3) is 0.500. The van der Waals surface area contributed by atoms with Crippen LogP contribution in [0.15, 0.2) is 53.3 Å². The average Bonchev–Trinajstić information content (AvgIpc) is 3.07. The molecule has 5 nitrogen and oxygen atoms in total.